The normalized spacial score (nSPS) is 11.2. The summed E-state index contributed by atoms with van der Waals surface area (Å²) in [4.78, 5) is 10.9. The molecule has 1 N–H and O–H groups in total. The summed E-state index contributed by atoms with van der Waals surface area (Å²) in [5.74, 6) is -1.41. The monoisotopic (exact) mass is 326 g/mol. The first-order chi connectivity index (χ1) is 11.5. The number of hydrogen-bond donors (Lipinski definition) is 1. The van der Waals surface area contributed by atoms with Crippen LogP contribution in [0.15, 0.2) is 54.6 Å². The summed E-state index contributed by atoms with van der Waals surface area (Å²) in [6.07, 6.45) is 1.72. The zero-order valence-electron chi connectivity index (χ0n) is 13.2. The van der Waals surface area contributed by atoms with Crippen LogP contribution in [0.1, 0.15) is 24.0 Å². The predicted octanol–water partition coefficient (Wildman–Crippen LogP) is 4.14. The first-order valence-corrected chi connectivity index (χ1v) is 7.39. The van der Waals surface area contributed by atoms with Gasteiger partial charge < -0.3 is 15.3 Å². The molecule has 0 bridgehead atoms. The molecule has 0 fully saturated rings. The van der Waals surface area contributed by atoms with Crippen LogP contribution in [0.4, 0.5) is 4.39 Å². The molecule has 0 spiro atoms. The highest BCUT2D eigenvalue weighted by molar-refractivity contribution is 6.14. The molecule has 0 saturated carbocycles. The van der Waals surface area contributed by atoms with Gasteiger partial charge in [0.2, 0.25) is 0 Å². The molecule has 0 aromatic heterocycles. The Balaban J connectivity index is 2.34. The van der Waals surface area contributed by atoms with E-state index in [0.717, 1.165) is 5.56 Å². The third-order valence-corrected chi connectivity index (χ3v) is 3.51. The van der Waals surface area contributed by atoms with Crippen LogP contribution in [0.25, 0.3) is 11.0 Å². The lowest BCUT2D eigenvalue weighted by atomic mass is 9.97. The fourth-order valence-electron chi connectivity index (χ4n) is 2.26. The van der Waals surface area contributed by atoms with Crippen LogP contribution in [0.3, 0.4) is 0 Å². The van der Waals surface area contributed by atoms with E-state index in [2.05, 4.69) is 0 Å². The van der Waals surface area contributed by atoms with Gasteiger partial charge in [-0.25, -0.2) is 4.39 Å². The quantitative estimate of drug-likeness (QED) is 0.777. The molecule has 0 aliphatic heterocycles. The molecule has 2 rings (SSSR count). The van der Waals surface area contributed by atoms with Gasteiger partial charge in [-0.1, -0.05) is 42.5 Å². The molecule has 2 aromatic carbocycles. The summed E-state index contributed by atoms with van der Waals surface area (Å²) in [5.41, 5.74) is 1.80. The van der Waals surface area contributed by atoms with Crippen molar-refractivity contribution < 1.29 is 19.0 Å². The number of carbonyl (C=O) groups is 1. The second-order valence-corrected chi connectivity index (χ2v) is 5.16. The maximum Gasteiger partial charge on any atom is 0.303 e. The summed E-state index contributed by atoms with van der Waals surface area (Å²) in [6.45, 7) is 0. The minimum absolute atomic E-state index is 0.0271. The fourth-order valence-corrected chi connectivity index (χ4v) is 2.26. The highest BCUT2D eigenvalue weighted by Gasteiger charge is 2.07. The Morgan fingerprint density at radius 3 is 2.50 bits per heavy atom. The van der Waals surface area contributed by atoms with Crippen molar-refractivity contribution in [1.29, 1.82) is 0 Å². The number of halogens is 1. The van der Waals surface area contributed by atoms with Crippen molar-refractivity contribution in [2.24, 2.45) is 0 Å². The van der Waals surface area contributed by atoms with E-state index < -0.39 is 11.8 Å². The van der Waals surface area contributed by atoms with Crippen LogP contribution >= 0.6 is 0 Å². The topological polar surface area (TPSA) is 68.8 Å². The van der Waals surface area contributed by atoms with Gasteiger partial charge in [0, 0.05) is 6.42 Å². The number of allylic oxidation sites excluding steroid dienone is 2. The third-order valence-electron chi connectivity index (χ3n) is 3.51. The Morgan fingerprint density at radius 1 is 1.17 bits per heavy atom. The molecule has 0 aliphatic carbocycles. The van der Waals surface area contributed by atoms with E-state index in [4.69, 9.17) is 9.84 Å². The molecule has 0 unspecified atom stereocenters. The Hall–Kier alpha value is -2.95. The van der Waals surface area contributed by atoms with Crippen molar-refractivity contribution in [3.05, 3.63) is 77.0 Å². The number of aliphatic carboxylic acids is 1. The summed E-state index contributed by atoms with van der Waals surface area (Å²) < 4.78 is 18.4. The lowest BCUT2D eigenvalue weighted by molar-refractivity contribution is -0.136. The predicted molar refractivity (Wildman–Crippen MR) is 91.7 cm³/mol. The molecule has 0 saturated heterocycles. The zero-order valence-corrected chi connectivity index (χ0v) is 13.2. The van der Waals surface area contributed by atoms with Crippen molar-refractivity contribution in [1.82, 2.24) is 0 Å². The number of benzene rings is 2. The Labute approximate surface area is 139 Å². The first kappa shape index (κ1) is 17.4. The SMILES string of the molecule is COc1cc(C(=[N-])/C=C(\CCC(=O)O)c2ccccc2)ccc1F. The number of nitrogens with zero attached hydrogens (tertiary/aromatic N) is 1. The molecule has 4 nitrogen and oxygen atoms in total. The van der Waals surface area contributed by atoms with Gasteiger partial charge in [0.25, 0.3) is 0 Å². The molecule has 2 aromatic rings. The molecule has 0 radical (unpaired) electrons. The van der Waals surface area contributed by atoms with Crippen LogP contribution in [0, 0.1) is 5.82 Å². The number of carboxylic acid groups (broad SMARTS) is 1. The molecule has 0 aliphatic rings. The van der Waals surface area contributed by atoms with Gasteiger partial charge in [-0.2, -0.15) is 5.71 Å². The molecular weight excluding hydrogens is 309 g/mol. The van der Waals surface area contributed by atoms with Crippen LogP contribution in [0.2, 0.25) is 0 Å². The number of ether oxygens (including phenoxy) is 1. The third kappa shape index (κ3) is 4.52. The number of carboxylic acids is 1. The Morgan fingerprint density at radius 2 is 1.88 bits per heavy atom. The number of hydrogen-bond acceptors (Lipinski definition) is 2. The van der Waals surface area contributed by atoms with E-state index >= 15 is 0 Å². The maximum atomic E-state index is 13.5. The molecule has 124 valence electrons. The Kier molecular flexibility index (Phi) is 5.84. The average Bonchev–Trinajstić information content (AvgIpc) is 2.59. The van der Waals surface area contributed by atoms with Gasteiger partial charge in [-0.3, -0.25) is 4.79 Å². The molecule has 0 amide bonds. The van der Waals surface area contributed by atoms with Crippen molar-refractivity contribution in [3.63, 3.8) is 0 Å². The highest BCUT2D eigenvalue weighted by Crippen LogP contribution is 2.23. The number of methoxy groups -OCH3 is 1. The van der Waals surface area contributed by atoms with Crippen LogP contribution < -0.4 is 4.74 Å². The molecule has 24 heavy (non-hydrogen) atoms. The molecule has 0 atom stereocenters. The van der Waals surface area contributed by atoms with Crippen molar-refractivity contribution in [3.8, 4) is 5.75 Å². The van der Waals surface area contributed by atoms with E-state index in [1.807, 2.05) is 30.3 Å². The van der Waals surface area contributed by atoms with Crippen LogP contribution in [-0.4, -0.2) is 23.9 Å². The van der Waals surface area contributed by atoms with E-state index in [0.29, 0.717) is 11.1 Å². The molecular formula is C19H17FNO3-. The summed E-state index contributed by atoms with van der Waals surface area (Å²) >= 11 is 0. The molecule has 0 heterocycles. The van der Waals surface area contributed by atoms with Gasteiger partial charge in [0.1, 0.15) is 0 Å². The van der Waals surface area contributed by atoms with Gasteiger partial charge >= 0.3 is 5.97 Å². The summed E-state index contributed by atoms with van der Waals surface area (Å²) in [5, 5.41) is 19.2. The van der Waals surface area contributed by atoms with Gasteiger partial charge in [0.05, 0.1) is 7.11 Å². The minimum Gasteiger partial charge on any atom is -0.803 e. The number of rotatable bonds is 7. The smallest absolute Gasteiger partial charge is 0.303 e. The van der Waals surface area contributed by atoms with Crippen LogP contribution in [0.5, 0.6) is 5.75 Å². The zero-order chi connectivity index (χ0) is 17.5. The second kappa shape index (κ2) is 8.06. The van der Waals surface area contributed by atoms with E-state index in [9.17, 15) is 14.6 Å². The van der Waals surface area contributed by atoms with Crippen LogP contribution in [-0.2, 0) is 4.79 Å². The summed E-state index contributed by atoms with van der Waals surface area (Å²) in [7, 11) is 1.34. The van der Waals surface area contributed by atoms with Crippen molar-refractivity contribution in [2.45, 2.75) is 12.8 Å². The lowest BCUT2D eigenvalue weighted by Gasteiger charge is -2.14. The molecule has 5 heteroatoms. The second-order valence-electron chi connectivity index (χ2n) is 5.16. The Bertz CT molecular complexity index is 769. The lowest BCUT2D eigenvalue weighted by Crippen LogP contribution is -2.00. The van der Waals surface area contributed by atoms with Crippen molar-refractivity contribution in [2.75, 3.05) is 7.11 Å². The standard InChI is InChI=1S/C19H17FNO3/c1-24-18-12-15(7-9-16(18)20)17(21)11-14(8-10-19(22)23)13-5-3-2-4-6-13/h2-7,9,11-12H,8,10H2,1H3,(H,22,23)/q-1/b14-11+. The largest absolute Gasteiger partial charge is 0.803 e. The minimum atomic E-state index is -0.917. The maximum absolute atomic E-state index is 13.5. The van der Waals surface area contributed by atoms with Crippen molar-refractivity contribution >= 4 is 17.3 Å². The van der Waals surface area contributed by atoms with Gasteiger partial charge in [-0.15, -0.1) is 0 Å². The average molecular weight is 326 g/mol. The van der Waals surface area contributed by atoms with E-state index in [1.165, 1.54) is 31.4 Å². The summed E-state index contributed by atoms with van der Waals surface area (Å²) in [6, 6.07) is 13.2. The first-order valence-electron chi connectivity index (χ1n) is 7.39. The highest BCUT2D eigenvalue weighted by atomic mass is 19.1. The van der Waals surface area contributed by atoms with E-state index in [-0.39, 0.29) is 24.3 Å². The van der Waals surface area contributed by atoms with Gasteiger partial charge in [0.15, 0.2) is 11.6 Å². The fraction of sp³-hybridized carbons (Fsp3) is 0.158. The van der Waals surface area contributed by atoms with Gasteiger partial charge in [-0.05, 0) is 35.3 Å². The van der Waals surface area contributed by atoms with E-state index in [1.54, 1.807) is 0 Å².